The quantitative estimate of drug-likeness (QED) is 0.837. The summed E-state index contributed by atoms with van der Waals surface area (Å²) >= 11 is 0. The van der Waals surface area contributed by atoms with Crippen LogP contribution >= 0.6 is 0 Å². The molecular formula is C18H28N4O3. The highest BCUT2D eigenvalue weighted by Gasteiger charge is 2.20. The number of ether oxygens (including phenoxy) is 2. The Morgan fingerprint density at radius 3 is 2.84 bits per heavy atom. The highest BCUT2D eigenvalue weighted by molar-refractivity contribution is 5.93. The first-order valence-corrected chi connectivity index (χ1v) is 9.05. The summed E-state index contributed by atoms with van der Waals surface area (Å²) in [6, 6.07) is 3.85. The van der Waals surface area contributed by atoms with Gasteiger partial charge in [-0.25, -0.2) is 4.98 Å². The molecule has 1 amide bonds. The fourth-order valence-electron chi connectivity index (χ4n) is 3.04. The van der Waals surface area contributed by atoms with Crippen LogP contribution in [0.25, 0.3) is 0 Å². The molecule has 0 aliphatic carbocycles. The van der Waals surface area contributed by atoms with Crippen LogP contribution in [0.3, 0.4) is 0 Å². The molecule has 0 bridgehead atoms. The smallest absolute Gasteiger partial charge is 0.254 e. The molecule has 7 heteroatoms. The number of carbonyl (C=O) groups excluding carboxylic acids is 1. The molecule has 1 aromatic heterocycles. The lowest BCUT2D eigenvalue weighted by atomic mass is 10.2. The lowest BCUT2D eigenvalue weighted by Crippen LogP contribution is -2.44. The predicted octanol–water partition coefficient (Wildman–Crippen LogP) is 1.36. The number of carbonyl (C=O) groups is 1. The summed E-state index contributed by atoms with van der Waals surface area (Å²) in [6.07, 6.45) is 3.49. The first-order chi connectivity index (χ1) is 12.1. The SMILES string of the molecule is C[C@@H](OC[C@@H]1CCCO1)C(=O)Nc1ccc(N2CCN(C)CC2)cn1. The van der Waals surface area contributed by atoms with E-state index in [1.807, 2.05) is 18.3 Å². The van der Waals surface area contributed by atoms with Crippen molar-refractivity contribution >= 4 is 17.4 Å². The van der Waals surface area contributed by atoms with E-state index in [4.69, 9.17) is 9.47 Å². The fourth-order valence-corrected chi connectivity index (χ4v) is 3.04. The van der Waals surface area contributed by atoms with Crippen molar-refractivity contribution in [2.75, 3.05) is 56.7 Å². The van der Waals surface area contributed by atoms with E-state index < -0.39 is 6.10 Å². The first kappa shape index (κ1) is 18.1. The van der Waals surface area contributed by atoms with Gasteiger partial charge in [-0.05, 0) is 38.9 Å². The average Bonchev–Trinajstić information content (AvgIpc) is 3.14. The van der Waals surface area contributed by atoms with Crippen LogP contribution in [0.2, 0.25) is 0 Å². The summed E-state index contributed by atoms with van der Waals surface area (Å²) in [6.45, 7) is 7.11. The van der Waals surface area contributed by atoms with Gasteiger partial charge in [0.1, 0.15) is 11.9 Å². The molecule has 0 radical (unpaired) electrons. The summed E-state index contributed by atoms with van der Waals surface area (Å²) < 4.78 is 11.1. The summed E-state index contributed by atoms with van der Waals surface area (Å²) in [5, 5.41) is 2.81. The van der Waals surface area contributed by atoms with Crippen molar-refractivity contribution < 1.29 is 14.3 Å². The van der Waals surface area contributed by atoms with Gasteiger partial charge in [0, 0.05) is 32.8 Å². The molecule has 7 nitrogen and oxygen atoms in total. The third kappa shape index (κ3) is 5.14. The number of aromatic nitrogens is 1. The van der Waals surface area contributed by atoms with Gasteiger partial charge in [-0.15, -0.1) is 0 Å². The number of rotatable bonds is 6. The Labute approximate surface area is 149 Å². The molecule has 3 heterocycles. The second-order valence-electron chi connectivity index (χ2n) is 6.79. The van der Waals surface area contributed by atoms with Gasteiger partial charge < -0.3 is 24.6 Å². The van der Waals surface area contributed by atoms with Crippen LogP contribution in [0.4, 0.5) is 11.5 Å². The van der Waals surface area contributed by atoms with E-state index in [0.29, 0.717) is 12.4 Å². The molecule has 0 unspecified atom stereocenters. The summed E-state index contributed by atoms with van der Waals surface area (Å²) in [4.78, 5) is 21.2. The van der Waals surface area contributed by atoms with Crippen LogP contribution < -0.4 is 10.2 Å². The standard InChI is InChI=1S/C18H28N4O3/c1-14(25-13-16-4-3-11-24-16)18(23)20-17-6-5-15(12-19-17)22-9-7-21(2)8-10-22/h5-6,12,14,16H,3-4,7-11,13H2,1-2H3,(H,19,20,23)/t14-,16+/m1/s1. The molecule has 2 fully saturated rings. The molecule has 2 aliphatic heterocycles. The third-order valence-electron chi connectivity index (χ3n) is 4.79. The van der Waals surface area contributed by atoms with E-state index in [-0.39, 0.29) is 12.0 Å². The number of nitrogens with zero attached hydrogens (tertiary/aromatic N) is 3. The molecule has 2 saturated heterocycles. The van der Waals surface area contributed by atoms with Gasteiger partial charge in [0.05, 0.1) is 24.6 Å². The lowest BCUT2D eigenvalue weighted by Gasteiger charge is -2.33. The van der Waals surface area contributed by atoms with E-state index in [2.05, 4.69) is 27.1 Å². The second-order valence-corrected chi connectivity index (χ2v) is 6.79. The maximum Gasteiger partial charge on any atom is 0.254 e. The van der Waals surface area contributed by atoms with Gasteiger partial charge in [-0.2, -0.15) is 0 Å². The van der Waals surface area contributed by atoms with Crippen molar-refractivity contribution in [2.45, 2.75) is 32.0 Å². The Bertz CT molecular complexity index is 552. The van der Waals surface area contributed by atoms with Crippen LogP contribution in [0, 0.1) is 0 Å². The molecule has 0 aromatic carbocycles. The van der Waals surface area contributed by atoms with E-state index in [1.54, 1.807) is 6.92 Å². The van der Waals surface area contributed by atoms with E-state index in [9.17, 15) is 4.79 Å². The zero-order valence-electron chi connectivity index (χ0n) is 15.1. The van der Waals surface area contributed by atoms with Gasteiger partial charge in [0.15, 0.2) is 0 Å². The number of pyridine rings is 1. The molecule has 1 N–H and O–H groups in total. The minimum absolute atomic E-state index is 0.122. The molecule has 3 rings (SSSR count). The van der Waals surface area contributed by atoms with Gasteiger partial charge >= 0.3 is 0 Å². The number of likely N-dealkylation sites (N-methyl/N-ethyl adjacent to an activating group) is 1. The van der Waals surface area contributed by atoms with Gasteiger partial charge in [-0.3, -0.25) is 4.79 Å². The number of hydrogen-bond acceptors (Lipinski definition) is 6. The maximum absolute atomic E-state index is 12.2. The van der Waals surface area contributed by atoms with Crippen LogP contribution in [0.15, 0.2) is 18.3 Å². The zero-order chi connectivity index (χ0) is 17.6. The Hall–Kier alpha value is -1.70. The molecule has 0 spiro atoms. The summed E-state index contributed by atoms with van der Waals surface area (Å²) in [7, 11) is 2.14. The predicted molar refractivity (Wildman–Crippen MR) is 97.0 cm³/mol. The van der Waals surface area contributed by atoms with Crippen molar-refractivity contribution in [3.63, 3.8) is 0 Å². The molecular weight excluding hydrogens is 320 g/mol. The van der Waals surface area contributed by atoms with Gasteiger partial charge in [-0.1, -0.05) is 0 Å². The van der Waals surface area contributed by atoms with E-state index in [1.165, 1.54) is 0 Å². The van der Waals surface area contributed by atoms with E-state index >= 15 is 0 Å². The number of hydrogen-bond donors (Lipinski definition) is 1. The normalized spacial score (nSPS) is 22.8. The van der Waals surface area contributed by atoms with Crippen molar-refractivity contribution in [1.82, 2.24) is 9.88 Å². The highest BCUT2D eigenvalue weighted by atomic mass is 16.5. The van der Waals surface area contributed by atoms with Crippen LogP contribution in [0.1, 0.15) is 19.8 Å². The summed E-state index contributed by atoms with van der Waals surface area (Å²) in [5.41, 5.74) is 1.09. The molecule has 1 aromatic rings. The zero-order valence-corrected chi connectivity index (χ0v) is 15.1. The molecule has 138 valence electrons. The number of nitrogens with one attached hydrogen (secondary N) is 1. The average molecular weight is 348 g/mol. The monoisotopic (exact) mass is 348 g/mol. The molecule has 25 heavy (non-hydrogen) atoms. The molecule has 0 saturated carbocycles. The third-order valence-corrected chi connectivity index (χ3v) is 4.79. The summed E-state index contributed by atoms with van der Waals surface area (Å²) in [5.74, 6) is 0.369. The topological polar surface area (TPSA) is 66.9 Å². The largest absolute Gasteiger partial charge is 0.376 e. The molecule has 2 atom stereocenters. The number of anilines is 2. The minimum atomic E-state index is -0.525. The lowest BCUT2D eigenvalue weighted by molar-refractivity contribution is -0.128. The fraction of sp³-hybridized carbons (Fsp3) is 0.667. The van der Waals surface area contributed by atoms with Crippen molar-refractivity contribution in [1.29, 1.82) is 0 Å². The molecule has 2 aliphatic rings. The number of amides is 1. The van der Waals surface area contributed by atoms with Crippen LogP contribution in [0.5, 0.6) is 0 Å². The minimum Gasteiger partial charge on any atom is -0.376 e. The Morgan fingerprint density at radius 2 is 2.20 bits per heavy atom. The highest BCUT2D eigenvalue weighted by Crippen LogP contribution is 2.17. The Kier molecular flexibility index (Phi) is 6.23. The van der Waals surface area contributed by atoms with Crippen molar-refractivity contribution in [2.24, 2.45) is 0 Å². The Balaban J connectivity index is 1.46. The first-order valence-electron chi connectivity index (χ1n) is 9.05. The second kappa shape index (κ2) is 8.60. The van der Waals surface area contributed by atoms with Crippen LogP contribution in [-0.2, 0) is 14.3 Å². The maximum atomic E-state index is 12.2. The van der Waals surface area contributed by atoms with E-state index in [0.717, 1.165) is 51.3 Å². The van der Waals surface area contributed by atoms with Crippen molar-refractivity contribution in [3.8, 4) is 0 Å². The number of piperazine rings is 1. The van der Waals surface area contributed by atoms with Gasteiger partial charge in [0.2, 0.25) is 0 Å². The van der Waals surface area contributed by atoms with Gasteiger partial charge in [0.25, 0.3) is 5.91 Å². The van der Waals surface area contributed by atoms with Crippen molar-refractivity contribution in [3.05, 3.63) is 18.3 Å². The Morgan fingerprint density at radius 1 is 1.40 bits per heavy atom. The van der Waals surface area contributed by atoms with Crippen LogP contribution in [-0.4, -0.2) is 74.4 Å².